The van der Waals surface area contributed by atoms with Crippen LogP contribution < -0.4 is 4.90 Å². The number of hydrogen-bond donors (Lipinski definition) is 0. The summed E-state index contributed by atoms with van der Waals surface area (Å²) in [5, 5.41) is 2.54. The van der Waals surface area contributed by atoms with Gasteiger partial charge in [-0.05, 0) is 55.5 Å². The molecule has 0 N–H and O–H groups in total. The number of carbonyl (C=O) groups excluding carboxylic acids is 1. The Kier molecular flexibility index (Phi) is 5.62. The topological polar surface area (TPSA) is 51.7 Å². The van der Waals surface area contributed by atoms with Gasteiger partial charge in [-0.2, -0.15) is 0 Å². The average molecular weight is 377 g/mol. The van der Waals surface area contributed by atoms with E-state index in [-0.39, 0.29) is 6.09 Å². The molecule has 1 aromatic rings. The number of thiazole rings is 1. The molecule has 0 unspecified atom stereocenters. The Morgan fingerprint density at radius 2 is 2.19 bits per heavy atom. The molecule has 0 spiro atoms. The summed E-state index contributed by atoms with van der Waals surface area (Å²) < 4.78 is 11.6. The Labute approximate surface area is 137 Å². The minimum Gasteiger partial charge on any atom is -0.443 e. The van der Waals surface area contributed by atoms with Crippen LogP contribution >= 0.6 is 27.3 Å². The van der Waals surface area contributed by atoms with Crippen molar-refractivity contribution in [2.45, 2.75) is 39.2 Å². The largest absolute Gasteiger partial charge is 0.443 e. The summed E-state index contributed by atoms with van der Waals surface area (Å²) in [6.45, 7) is 7.75. The summed E-state index contributed by atoms with van der Waals surface area (Å²) in [6, 6.07) is 0. The van der Waals surface area contributed by atoms with Gasteiger partial charge in [-0.3, -0.25) is 4.90 Å². The Bertz CT molecular complexity index is 481. The number of halogens is 1. The summed E-state index contributed by atoms with van der Waals surface area (Å²) in [4.78, 5) is 18.5. The second-order valence-corrected chi connectivity index (χ2v) is 7.75. The first kappa shape index (κ1) is 16.7. The van der Waals surface area contributed by atoms with Gasteiger partial charge in [0.05, 0.1) is 0 Å². The molecular weight excluding hydrogens is 356 g/mol. The summed E-state index contributed by atoms with van der Waals surface area (Å²) in [6.07, 6.45) is 1.59. The molecule has 7 heteroatoms. The molecule has 1 saturated heterocycles. The lowest BCUT2D eigenvalue weighted by atomic mass is 10.00. The van der Waals surface area contributed by atoms with Crippen molar-refractivity contribution in [2.24, 2.45) is 5.92 Å². The van der Waals surface area contributed by atoms with Crippen LogP contribution in [0.15, 0.2) is 9.98 Å². The fourth-order valence-corrected chi connectivity index (χ4v) is 3.35. The number of nitrogens with zero attached hydrogens (tertiary/aromatic N) is 2. The maximum atomic E-state index is 12.5. The molecule has 0 aliphatic carbocycles. The molecule has 2 rings (SSSR count). The van der Waals surface area contributed by atoms with Gasteiger partial charge in [0.15, 0.2) is 5.13 Å². The number of rotatable bonds is 3. The van der Waals surface area contributed by atoms with Crippen molar-refractivity contribution in [3.63, 3.8) is 0 Å². The first-order valence-corrected chi connectivity index (χ1v) is 8.72. The van der Waals surface area contributed by atoms with E-state index >= 15 is 0 Å². The standard InChI is InChI=1S/C14H21BrN2O3S/c1-14(2,3)20-13(18)17(12-16-11(15)9-21-12)8-10-4-6-19-7-5-10/h9-10H,4-8H2,1-3H3. The Morgan fingerprint density at radius 1 is 1.52 bits per heavy atom. The molecule has 1 aliphatic heterocycles. The predicted molar refractivity (Wildman–Crippen MR) is 86.9 cm³/mol. The fraction of sp³-hybridized carbons (Fsp3) is 0.714. The van der Waals surface area contributed by atoms with E-state index in [4.69, 9.17) is 9.47 Å². The highest BCUT2D eigenvalue weighted by molar-refractivity contribution is 9.10. The van der Waals surface area contributed by atoms with Crippen LogP contribution in [0.1, 0.15) is 33.6 Å². The molecule has 1 fully saturated rings. The monoisotopic (exact) mass is 376 g/mol. The number of ether oxygens (including phenoxy) is 2. The third-order valence-corrected chi connectivity index (χ3v) is 4.66. The van der Waals surface area contributed by atoms with E-state index < -0.39 is 5.60 Å². The van der Waals surface area contributed by atoms with Crippen LogP contribution in [0.5, 0.6) is 0 Å². The van der Waals surface area contributed by atoms with E-state index in [1.54, 1.807) is 4.90 Å². The summed E-state index contributed by atoms with van der Waals surface area (Å²) in [7, 11) is 0. The van der Waals surface area contributed by atoms with E-state index in [0.717, 1.165) is 30.7 Å². The molecule has 1 aromatic heterocycles. The summed E-state index contributed by atoms with van der Waals surface area (Å²) in [5.41, 5.74) is -0.514. The maximum absolute atomic E-state index is 12.5. The molecule has 0 saturated carbocycles. The second-order valence-electron chi connectivity index (χ2n) is 6.10. The minimum absolute atomic E-state index is 0.337. The molecule has 0 radical (unpaired) electrons. The van der Waals surface area contributed by atoms with Crippen LogP contribution in [0.4, 0.5) is 9.93 Å². The van der Waals surface area contributed by atoms with Gasteiger partial charge >= 0.3 is 6.09 Å². The lowest BCUT2D eigenvalue weighted by Gasteiger charge is -2.30. The van der Waals surface area contributed by atoms with Crippen LogP contribution in [0, 0.1) is 5.92 Å². The Hall–Kier alpha value is -0.660. The van der Waals surface area contributed by atoms with E-state index in [9.17, 15) is 4.79 Å². The van der Waals surface area contributed by atoms with Gasteiger partial charge in [0, 0.05) is 25.1 Å². The van der Waals surface area contributed by atoms with E-state index in [1.807, 2.05) is 26.2 Å². The van der Waals surface area contributed by atoms with Crippen molar-refractivity contribution in [1.82, 2.24) is 4.98 Å². The van der Waals surface area contributed by atoms with Crippen LogP contribution in [0.25, 0.3) is 0 Å². The van der Waals surface area contributed by atoms with Gasteiger partial charge in [0.1, 0.15) is 10.2 Å². The zero-order valence-corrected chi connectivity index (χ0v) is 15.0. The zero-order valence-electron chi connectivity index (χ0n) is 12.6. The number of hydrogen-bond acceptors (Lipinski definition) is 5. The predicted octanol–water partition coefficient (Wildman–Crippen LogP) is 4.07. The van der Waals surface area contributed by atoms with Crippen LogP contribution in [-0.2, 0) is 9.47 Å². The molecule has 1 aliphatic rings. The first-order valence-electron chi connectivity index (χ1n) is 7.04. The summed E-state index contributed by atoms with van der Waals surface area (Å²) in [5.74, 6) is 0.425. The van der Waals surface area contributed by atoms with E-state index in [1.165, 1.54) is 11.3 Å². The van der Waals surface area contributed by atoms with Crippen LogP contribution in [0.2, 0.25) is 0 Å². The molecule has 0 aromatic carbocycles. The smallest absolute Gasteiger partial charge is 0.416 e. The van der Waals surface area contributed by atoms with Crippen molar-refractivity contribution in [3.05, 3.63) is 9.98 Å². The van der Waals surface area contributed by atoms with Gasteiger partial charge in [0.25, 0.3) is 0 Å². The lowest BCUT2D eigenvalue weighted by molar-refractivity contribution is 0.0515. The maximum Gasteiger partial charge on any atom is 0.416 e. The number of aromatic nitrogens is 1. The third kappa shape index (κ3) is 5.23. The van der Waals surface area contributed by atoms with Gasteiger partial charge < -0.3 is 9.47 Å². The molecule has 2 heterocycles. The quantitative estimate of drug-likeness (QED) is 0.797. The number of amides is 1. The molecule has 1 amide bonds. The van der Waals surface area contributed by atoms with Crippen molar-refractivity contribution in [2.75, 3.05) is 24.7 Å². The van der Waals surface area contributed by atoms with Crippen LogP contribution in [-0.4, -0.2) is 36.4 Å². The molecule has 5 nitrogen and oxygen atoms in total. The van der Waals surface area contributed by atoms with Crippen LogP contribution in [0.3, 0.4) is 0 Å². The highest BCUT2D eigenvalue weighted by atomic mass is 79.9. The molecule has 0 bridgehead atoms. The highest BCUT2D eigenvalue weighted by Crippen LogP contribution is 2.28. The zero-order chi connectivity index (χ0) is 15.5. The van der Waals surface area contributed by atoms with Crippen molar-refractivity contribution in [1.29, 1.82) is 0 Å². The van der Waals surface area contributed by atoms with Gasteiger partial charge in [-0.1, -0.05) is 0 Å². The number of anilines is 1. The normalized spacial score (nSPS) is 16.8. The lowest BCUT2D eigenvalue weighted by Crippen LogP contribution is -2.40. The van der Waals surface area contributed by atoms with Gasteiger partial charge in [-0.25, -0.2) is 9.78 Å². The summed E-state index contributed by atoms with van der Waals surface area (Å²) >= 11 is 4.77. The molecular formula is C14H21BrN2O3S. The van der Waals surface area contributed by atoms with Gasteiger partial charge in [-0.15, -0.1) is 11.3 Å². The SMILES string of the molecule is CC(C)(C)OC(=O)N(CC1CCOCC1)c1nc(Br)cs1. The number of carbonyl (C=O) groups is 1. The van der Waals surface area contributed by atoms with E-state index in [0.29, 0.717) is 17.6 Å². The van der Waals surface area contributed by atoms with Crippen molar-refractivity contribution >= 4 is 38.5 Å². The molecule has 118 valence electrons. The Morgan fingerprint density at radius 3 is 2.71 bits per heavy atom. The third-order valence-electron chi connectivity index (χ3n) is 3.09. The Balaban J connectivity index is 2.11. The van der Waals surface area contributed by atoms with Crippen molar-refractivity contribution < 1.29 is 14.3 Å². The van der Waals surface area contributed by atoms with Gasteiger partial charge in [0.2, 0.25) is 0 Å². The average Bonchev–Trinajstić information content (AvgIpc) is 2.81. The molecule has 0 atom stereocenters. The second kappa shape index (κ2) is 7.07. The minimum atomic E-state index is -0.514. The van der Waals surface area contributed by atoms with Crippen molar-refractivity contribution in [3.8, 4) is 0 Å². The van der Waals surface area contributed by atoms with E-state index in [2.05, 4.69) is 20.9 Å². The first-order chi connectivity index (χ1) is 9.85. The molecule has 21 heavy (non-hydrogen) atoms. The fourth-order valence-electron chi connectivity index (χ4n) is 2.10. The highest BCUT2D eigenvalue weighted by Gasteiger charge is 2.28.